The van der Waals surface area contributed by atoms with E-state index in [1.807, 2.05) is 133 Å². The molecular weight excluding hydrogens is 730 g/mol. The molecule has 11 rings (SSSR count). The minimum absolute atomic E-state index is 0.523. The number of para-hydroxylation sites is 2. The van der Waals surface area contributed by atoms with Crippen LogP contribution in [0.2, 0.25) is 0 Å². The van der Waals surface area contributed by atoms with Crippen molar-refractivity contribution in [2.24, 2.45) is 0 Å². The predicted molar refractivity (Wildman–Crippen MR) is 239 cm³/mol. The highest BCUT2D eigenvalue weighted by molar-refractivity contribution is 7.85. The Morgan fingerprint density at radius 2 is 0.793 bits per heavy atom. The molecule has 0 saturated heterocycles. The first-order chi connectivity index (χ1) is 28.7. The van der Waals surface area contributed by atoms with Crippen LogP contribution in [0.1, 0.15) is 0 Å². The Labute approximate surface area is 334 Å². The van der Waals surface area contributed by atoms with Crippen molar-refractivity contribution in [1.82, 2.24) is 24.1 Å². The van der Waals surface area contributed by atoms with E-state index in [1.54, 1.807) is 0 Å². The lowest BCUT2D eigenvalue weighted by molar-refractivity contribution is 0.592. The Morgan fingerprint density at radius 3 is 1.33 bits per heavy atom. The highest BCUT2D eigenvalue weighted by Gasteiger charge is 2.30. The van der Waals surface area contributed by atoms with Gasteiger partial charge in [0.25, 0.3) is 0 Å². The van der Waals surface area contributed by atoms with Gasteiger partial charge in [-0.05, 0) is 24.3 Å². The highest BCUT2D eigenvalue weighted by atomic mass is 31.2. The van der Waals surface area contributed by atoms with Crippen molar-refractivity contribution in [2.75, 3.05) is 0 Å². The normalized spacial score (nSPS) is 11.9. The molecule has 0 aliphatic heterocycles. The van der Waals surface area contributed by atoms with E-state index in [2.05, 4.69) is 81.9 Å². The molecule has 0 fully saturated rings. The molecule has 0 saturated carbocycles. The third-order valence-electron chi connectivity index (χ3n) is 11.0. The zero-order chi connectivity index (χ0) is 38.6. The number of aromatic nitrogens is 5. The summed E-state index contributed by atoms with van der Waals surface area (Å²) in [5.74, 6) is 1.70. The Bertz CT molecular complexity index is 3260. The van der Waals surface area contributed by atoms with E-state index in [4.69, 9.17) is 15.0 Å². The molecule has 3 aromatic heterocycles. The van der Waals surface area contributed by atoms with Crippen LogP contribution in [0, 0.1) is 0 Å². The molecule has 0 amide bonds. The molecule has 0 aliphatic rings. The molecule has 0 spiro atoms. The predicted octanol–water partition coefficient (Wildman–Crippen LogP) is 11.0. The fraction of sp³-hybridized carbons (Fsp3) is 0. The Kier molecular flexibility index (Phi) is 7.98. The van der Waals surface area contributed by atoms with E-state index in [0.29, 0.717) is 17.6 Å². The zero-order valence-electron chi connectivity index (χ0n) is 31.2. The van der Waals surface area contributed by atoms with E-state index in [9.17, 15) is 0 Å². The molecule has 11 aromatic rings. The molecule has 7 heteroatoms. The molecule has 0 aliphatic carbocycles. The number of fused-ring (bicyclic) bond motifs is 7. The van der Waals surface area contributed by atoms with Gasteiger partial charge in [0.1, 0.15) is 0 Å². The molecule has 0 bridgehead atoms. The van der Waals surface area contributed by atoms with E-state index >= 15 is 4.57 Å². The second kappa shape index (κ2) is 13.7. The van der Waals surface area contributed by atoms with Crippen molar-refractivity contribution in [3.63, 3.8) is 0 Å². The summed E-state index contributed by atoms with van der Waals surface area (Å²) < 4.78 is 20.2. The fourth-order valence-electron chi connectivity index (χ4n) is 8.43. The van der Waals surface area contributed by atoms with Gasteiger partial charge in [-0.25, -0.2) is 4.98 Å². The SMILES string of the molecule is O=P(c1ccccc1)(c1ccccc1)c1cccc(-n2c3ccccc3c3ccc4c5ccccc5n(-c5nc(-c6ccccc6)nc(-c6ccccc6)n5)c4c32)c1. The largest absolute Gasteiger partial charge is 0.309 e. The van der Waals surface area contributed by atoms with Gasteiger partial charge in [0.05, 0.1) is 22.1 Å². The monoisotopic (exact) mass is 763 g/mol. The number of rotatable bonds is 7. The number of benzene rings is 8. The quantitative estimate of drug-likeness (QED) is 0.152. The van der Waals surface area contributed by atoms with Gasteiger partial charge in [-0.15, -0.1) is 0 Å². The minimum atomic E-state index is -3.27. The molecule has 3 heterocycles. The highest BCUT2D eigenvalue weighted by Crippen LogP contribution is 2.45. The average molecular weight is 764 g/mol. The minimum Gasteiger partial charge on any atom is -0.309 e. The fourth-order valence-corrected chi connectivity index (χ4v) is 11.1. The lowest BCUT2D eigenvalue weighted by Gasteiger charge is -2.21. The van der Waals surface area contributed by atoms with Gasteiger partial charge >= 0.3 is 0 Å². The van der Waals surface area contributed by atoms with Gasteiger partial charge in [-0.2, -0.15) is 9.97 Å². The summed E-state index contributed by atoms with van der Waals surface area (Å²) in [5, 5.41) is 6.71. The van der Waals surface area contributed by atoms with Crippen LogP contribution in [0.15, 0.2) is 206 Å². The lowest BCUT2D eigenvalue weighted by atomic mass is 10.1. The summed E-state index contributed by atoms with van der Waals surface area (Å²) in [6.45, 7) is 0. The first-order valence-corrected chi connectivity index (χ1v) is 21.0. The van der Waals surface area contributed by atoms with Crippen LogP contribution in [0.25, 0.3) is 78.0 Å². The standard InChI is InChI=1S/C51H34N5OP/c57-58(38-23-9-3-10-24-38,39-25-11-4-12-26-39)40-27-17-22-37(34-40)55-45-30-15-13-28-41(45)43-32-33-44-42-29-14-16-31-46(42)56(48(44)47(43)55)51-53-49(35-18-5-1-6-19-35)52-50(54-51)36-20-7-2-8-21-36/h1-34H. The van der Waals surface area contributed by atoms with Crippen LogP contribution < -0.4 is 15.9 Å². The molecule has 0 N–H and O–H groups in total. The van der Waals surface area contributed by atoms with Crippen LogP contribution in [0.5, 0.6) is 0 Å². The van der Waals surface area contributed by atoms with Crippen molar-refractivity contribution in [2.45, 2.75) is 0 Å². The van der Waals surface area contributed by atoms with Crippen LogP contribution in [0.4, 0.5) is 0 Å². The first kappa shape index (κ1) is 33.9. The van der Waals surface area contributed by atoms with Crippen molar-refractivity contribution in [3.05, 3.63) is 206 Å². The summed E-state index contributed by atoms with van der Waals surface area (Å²) in [7, 11) is -3.27. The van der Waals surface area contributed by atoms with E-state index in [1.165, 1.54) is 0 Å². The molecule has 274 valence electrons. The molecular formula is C51H34N5OP. The second-order valence-electron chi connectivity index (χ2n) is 14.4. The summed E-state index contributed by atoms with van der Waals surface area (Å²) in [6, 6.07) is 69.5. The molecule has 0 unspecified atom stereocenters. The maximum absolute atomic E-state index is 15.7. The summed E-state index contributed by atoms with van der Waals surface area (Å²) in [4.78, 5) is 15.5. The maximum Gasteiger partial charge on any atom is 0.238 e. The Morgan fingerprint density at radius 1 is 0.362 bits per heavy atom. The average Bonchev–Trinajstić information content (AvgIpc) is 3.83. The van der Waals surface area contributed by atoms with E-state index in [-0.39, 0.29) is 0 Å². The van der Waals surface area contributed by atoms with Gasteiger partial charge in [0, 0.05) is 54.3 Å². The molecule has 6 nitrogen and oxygen atoms in total. The number of hydrogen-bond acceptors (Lipinski definition) is 4. The molecule has 8 aromatic carbocycles. The number of hydrogen-bond donors (Lipinski definition) is 0. The van der Waals surface area contributed by atoms with Gasteiger partial charge in [0.15, 0.2) is 18.8 Å². The topological polar surface area (TPSA) is 65.6 Å². The van der Waals surface area contributed by atoms with E-state index < -0.39 is 7.14 Å². The van der Waals surface area contributed by atoms with Crippen LogP contribution >= 0.6 is 7.14 Å². The maximum atomic E-state index is 15.7. The second-order valence-corrected chi connectivity index (χ2v) is 17.1. The Balaban J connectivity index is 1.25. The van der Waals surface area contributed by atoms with Crippen LogP contribution in [0.3, 0.4) is 0 Å². The zero-order valence-corrected chi connectivity index (χ0v) is 32.1. The smallest absolute Gasteiger partial charge is 0.238 e. The van der Waals surface area contributed by atoms with Crippen molar-refractivity contribution in [3.8, 4) is 34.4 Å². The first-order valence-electron chi connectivity index (χ1n) is 19.3. The van der Waals surface area contributed by atoms with Gasteiger partial charge in [-0.1, -0.05) is 182 Å². The third kappa shape index (κ3) is 5.34. The lowest BCUT2D eigenvalue weighted by Crippen LogP contribution is -2.25. The number of nitrogens with zero attached hydrogens (tertiary/aromatic N) is 5. The third-order valence-corrected chi connectivity index (χ3v) is 14.1. The summed E-state index contributed by atoms with van der Waals surface area (Å²) in [5.41, 5.74) is 6.72. The van der Waals surface area contributed by atoms with Gasteiger partial charge < -0.3 is 9.13 Å². The van der Waals surface area contributed by atoms with Crippen LogP contribution in [-0.4, -0.2) is 24.1 Å². The molecule has 0 radical (unpaired) electrons. The summed E-state index contributed by atoms with van der Waals surface area (Å²) >= 11 is 0. The summed E-state index contributed by atoms with van der Waals surface area (Å²) in [6.07, 6.45) is 0. The van der Waals surface area contributed by atoms with Crippen molar-refractivity contribution < 1.29 is 4.57 Å². The van der Waals surface area contributed by atoms with E-state index in [0.717, 1.165) is 76.3 Å². The molecule has 58 heavy (non-hydrogen) atoms. The molecule has 0 atom stereocenters. The van der Waals surface area contributed by atoms with Gasteiger partial charge in [-0.3, -0.25) is 4.57 Å². The Hall–Kier alpha value is -7.40. The van der Waals surface area contributed by atoms with Crippen molar-refractivity contribution in [1.29, 1.82) is 0 Å². The van der Waals surface area contributed by atoms with Gasteiger partial charge in [0.2, 0.25) is 5.95 Å². The van der Waals surface area contributed by atoms with Crippen LogP contribution in [-0.2, 0) is 4.57 Å². The van der Waals surface area contributed by atoms with Crippen molar-refractivity contribution >= 4 is 66.7 Å².